The smallest absolute Gasteiger partial charge is 0.159 e. The molecule has 0 N–H and O–H groups in total. The Balaban J connectivity index is 1.79. The van der Waals surface area contributed by atoms with Gasteiger partial charge in [-0.05, 0) is 42.9 Å². The second-order valence-electron chi connectivity index (χ2n) is 7.20. The van der Waals surface area contributed by atoms with E-state index in [-0.39, 0.29) is 17.9 Å². The van der Waals surface area contributed by atoms with Crippen LogP contribution in [-0.4, -0.2) is 16.7 Å². The lowest BCUT2D eigenvalue weighted by Crippen LogP contribution is -2.40. The minimum atomic E-state index is 0.120. The highest BCUT2D eigenvalue weighted by molar-refractivity contribution is 5.91. The summed E-state index contributed by atoms with van der Waals surface area (Å²) >= 11 is 0. The summed E-state index contributed by atoms with van der Waals surface area (Å²) in [5, 5.41) is 0. The van der Waals surface area contributed by atoms with Gasteiger partial charge in [0.15, 0.2) is 5.78 Å². The van der Waals surface area contributed by atoms with Gasteiger partial charge < -0.3 is 4.90 Å². The van der Waals surface area contributed by atoms with Gasteiger partial charge in [-0.15, -0.1) is 0 Å². The summed E-state index contributed by atoms with van der Waals surface area (Å²) in [6, 6.07) is 21.5. The third-order valence-electron chi connectivity index (χ3n) is 5.47. The fourth-order valence-corrected chi connectivity index (χ4v) is 4.20. The molecule has 1 aliphatic heterocycles. The molecule has 2 heteroatoms. The molecule has 0 radical (unpaired) electrons. The van der Waals surface area contributed by atoms with Gasteiger partial charge in [0.2, 0.25) is 0 Å². The van der Waals surface area contributed by atoms with Crippen molar-refractivity contribution >= 4 is 5.78 Å². The number of nitrogens with zero attached hydrogens (tertiary/aromatic N) is 1. The molecular formula is C24H25NO. The molecule has 0 aromatic heterocycles. The molecular weight excluding hydrogens is 318 g/mol. The summed E-state index contributed by atoms with van der Waals surface area (Å²) in [6.07, 6.45) is 11.5. The summed E-state index contributed by atoms with van der Waals surface area (Å²) in [7, 11) is 0. The van der Waals surface area contributed by atoms with E-state index in [9.17, 15) is 4.79 Å². The van der Waals surface area contributed by atoms with Gasteiger partial charge in [0, 0.05) is 12.6 Å². The van der Waals surface area contributed by atoms with Crippen molar-refractivity contribution in [2.75, 3.05) is 0 Å². The first-order valence-electron chi connectivity index (χ1n) is 9.60. The van der Waals surface area contributed by atoms with Crippen LogP contribution in [0.2, 0.25) is 0 Å². The third-order valence-corrected chi connectivity index (χ3v) is 5.47. The Hall–Kier alpha value is -2.61. The number of allylic oxidation sites excluding steroid dienone is 2. The first-order chi connectivity index (χ1) is 12.8. The number of rotatable bonds is 4. The third kappa shape index (κ3) is 3.50. The van der Waals surface area contributed by atoms with Gasteiger partial charge in [-0.3, -0.25) is 4.79 Å². The maximum Gasteiger partial charge on any atom is 0.159 e. The lowest BCUT2D eigenvalue weighted by Gasteiger charge is -2.41. The Morgan fingerprint density at radius 3 is 2.12 bits per heavy atom. The molecule has 2 aliphatic rings. The monoisotopic (exact) mass is 343 g/mol. The van der Waals surface area contributed by atoms with Gasteiger partial charge >= 0.3 is 0 Å². The van der Waals surface area contributed by atoms with Crippen LogP contribution in [0.25, 0.3) is 0 Å². The Morgan fingerprint density at radius 2 is 1.54 bits per heavy atom. The molecule has 0 saturated carbocycles. The van der Waals surface area contributed by atoms with Crippen molar-refractivity contribution in [1.82, 2.24) is 4.90 Å². The molecule has 26 heavy (non-hydrogen) atoms. The van der Waals surface area contributed by atoms with Gasteiger partial charge in [-0.2, -0.15) is 0 Å². The molecule has 2 nitrogen and oxygen atoms in total. The number of benzene rings is 2. The SMILES string of the molecule is O=C1C=CN(C(c2ccccc2)c2ccccc2)[C@H](C2=CCCCC2)C1. The normalized spacial score (nSPS) is 20.3. The fourth-order valence-electron chi connectivity index (χ4n) is 4.20. The lowest BCUT2D eigenvalue weighted by molar-refractivity contribution is -0.116. The maximum atomic E-state index is 12.2. The van der Waals surface area contributed by atoms with Crippen molar-refractivity contribution in [3.8, 4) is 0 Å². The lowest BCUT2D eigenvalue weighted by atomic mass is 9.86. The van der Waals surface area contributed by atoms with Crippen LogP contribution in [0.5, 0.6) is 0 Å². The van der Waals surface area contributed by atoms with E-state index in [1.165, 1.54) is 29.5 Å². The fraction of sp³-hybridized carbons (Fsp3) is 0.292. The first kappa shape index (κ1) is 16.8. The van der Waals surface area contributed by atoms with E-state index < -0.39 is 0 Å². The molecule has 0 fully saturated rings. The van der Waals surface area contributed by atoms with Crippen molar-refractivity contribution in [2.45, 2.75) is 44.2 Å². The van der Waals surface area contributed by atoms with Crippen molar-refractivity contribution in [3.05, 3.63) is 95.7 Å². The zero-order valence-corrected chi connectivity index (χ0v) is 15.1. The zero-order chi connectivity index (χ0) is 17.8. The number of carbonyl (C=O) groups excluding carboxylic acids is 1. The molecule has 1 heterocycles. The number of ketones is 1. The average Bonchev–Trinajstić information content (AvgIpc) is 2.71. The molecule has 0 unspecified atom stereocenters. The molecule has 4 rings (SSSR count). The van der Waals surface area contributed by atoms with Gasteiger partial charge in [0.25, 0.3) is 0 Å². The molecule has 0 bridgehead atoms. The minimum Gasteiger partial charge on any atom is -0.359 e. The van der Waals surface area contributed by atoms with E-state index >= 15 is 0 Å². The molecule has 0 amide bonds. The summed E-state index contributed by atoms with van der Waals surface area (Å²) < 4.78 is 0. The van der Waals surface area contributed by atoms with Gasteiger partial charge in [-0.1, -0.05) is 72.3 Å². The van der Waals surface area contributed by atoms with Crippen LogP contribution >= 0.6 is 0 Å². The maximum absolute atomic E-state index is 12.2. The van der Waals surface area contributed by atoms with Gasteiger partial charge in [0.05, 0.1) is 12.1 Å². The summed E-state index contributed by atoms with van der Waals surface area (Å²) in [6.45, 7) is 0. The highest BCUT2D eigenvalue weighted by Gasteiger charge is 2.32. The zero-order valence-electron chi connectivity index (χ0n) is 15.1. The van der Waals surface area contributed by atoms with Crippen LogP contribution in [0.3, 0.4) is 0 Å². The van der Waals surface area contributed by atoms with E-state index in [0.717, 1.165) is 12.8 Å². The Morgan fingerprint density at radius 1 is 0.885 bits per heavy atom. The number of hydrogen-bond acceptors (Lipinski definition) is 2. The van der Waals surface area contributed by atoms with E-state index in [1.807, 2.05) is 6.20 Å². The van der Waals surface area contributed by atoms with Crippen LogP contribution < -0.4 is 0 Å². The quantitative estimate of drug-likeness (QED) is 0.690. The van der Waals surface area contributed by atoms with Gasteiger partial charge in [0.1, 0.15) is 0 Å². The predicted molar refractivity (Wildman–Crippen MR) is 106 cm³/mol. The van der Waals surface area contributed by atoms with E-state index in [2.05, 4.69) is 71.6 Å². The number of carbonyl (C=O) groups is 1. The van der Waals surface area contributed by atoms with Crippen LogP contribution in [-0.2, 0) is 4.79 Å². The van der Waals surface area contributed by atoms with Crippen molar-refractivity contribution in [2.24, 2.45) is 0 Å². The van der Waals surface area contributed by atoms with Crippen LogP contribution in [0.4, 0.5) is 0 Å². The standard InChI is InChI=1S/C24H25NO/c26-22-16-17-25(23(18-22)19-10-4-1-5-11-19)24(20-12-6-2-7-13-20)21-14-8-3-9-15-21/h2-3,6-10,12-17,23-24H,1,4-5,11,18H2/t23-/m0/s1. The Bertz CT molecular complexity index is 767. The summed E-state index contributed by atoms with van der Waals surface area (Å²) in [4.78, 5) is 14.6. The number of hydrogen-bond donors (Lipinski definition) is 0. The molecule has 2 aromatic rings. The summed E-state index contributed by atoms with van der Waals surface area (Å²) in [5.74, 6) is 0.234. The van der Waals surface area contributed by atoms with Crippen molar-refractivity contribution in [1.29, 1.82) is 0 Å². The molecule has 132 valence electrons. The largest absolute Gasteiger partial charge is 0.359 e. The molecule has 0 saturated heterocycles. The van der Waals surface area contributed by atoms with Gasteiger partial charge in [-0.25, -0.2) is 0 Å². The Labute approximate surface area is 155 Å². The molecule has 1 aliphatic carbocycles. The second-order valence-corrected chi connectivity index (χ2v) is 7.20. The second kappa shape index (κ2) is 7.74. The van der Waals surface area contributed by atoms with Crippen LogP contribution in [0.15, 0.2) is 84.6 Å². The van der Waals surface area contributed by atoms with Crippen molar-refractivity contribution in [3.63, 3.8) is 0 Å². The molecule has 0 spiro atoms. The van der Waals surface area contributed by atoms with Crippen LogP contribution in [0.1, 0.15) is 49.3 Å². The Kier molecular flexibility index (Phi) is 5.01. The van der Waals surface area contributed by atoms with Crippen LogP contribution in [0, 0.1) is 0 Å². The van der Waals surface area contributed by atoms with Crippen molar-refractivity contribution < 1.29 is 4.79 Å². The first-order valence-corrected chi connectivity index (χ1v) is 9.60. The predicted octanol–water partition coefficient (Wildman–Crippen LogP) is 5.43. The summed E-state index contributed by atoms with van der Waals surface area (Å²) in [5.41, 5.74) is 3.96. The molecule has 1 atom stereocenters. The highest BCUT2D eigenvalue weighted by atomic mass is 16.1. The van der Waals surface area contributed by atoms with E-state index in [4.69, 9.17) is 0 Å². The average molecular weight is 343 g/mol. The molecule has 2 aromatic carbocycles. The highest BCUT2D eigenvalue weighted by Crippen LogP contribution is 2.37. The minimum absolute atomic E-state index is 0.120. The van der Waals surface area contributed by atoms with E-state index in [1.54, 1.807) is 6.08 Å². The van der Waals surface area contributed by atoms with E-state index in [0.29, 0.717) is 6.42 Å². The topological polar surface area (TPSA) is 20.3 Å².